The maximum absolute atomic E-state index is 11.6. The Kier molecular flexibility index (Phi) is 8.73. The van der Waals surface area contributed by atoms with E-state index in [9.17, 15) is 29.4 Å². The van der Waals surface area contributed by atoms with Crippen molar-refractivity contribution in [2.75, 3.05) is 14.2 Å². The second-order valence-corrected chi connectivity index (χ2v) is 8.27. The van der Waals surface area contributed by atoms with E-state index < -0.39 is 23.6 Å². The minimum absolute atomic E-state index is 0.0234. The van der Waals surface area contributed by atoms with Crippen LogP contribution in [0.15, 0.2) is 47.5 Å². The van der Waals surface area contributed by atoms with E-state index in [1.165, 1.54) is 50.6 Å². The topological polar surface area (TPSA) is 175 Å². The summed E-state index contributed by atoms with van der Waals surface area (Å²) in [6.07, 6.45) is 2.71. The molecule has 0 radical (unpaired) electrons. The molecule has 2 fully saturated rings. The summed E-state index contributed by atoms with van der Waals surface area (Å²) in [4.78, 5) is 46.5. The van der Waals surface area contributed by atoms with Crippen LogP contribution >= 0.6 is 24.4 Å². The summed E-state index contributed by atoms with van der Waals surface area (Å²) in [5.74, 6) is -1.86. The lowest BCUT2D eigenvalue weighted by molar-refractivity contribution is -0.124. The first-order valence-corrected chi connectivity index (χ1v) is 11.3. The van der Waals surface area contributed by atoms with Gasteiger partial charge in [0, 0.05) is 0 Å². The van der Waals surface area contributed by atoms with Gasteiger partial charge in [-0.15, -0.1) is 0 Å². The fourth-order valence-corrected chi connectivity index (χ4v) is 3.51. The third-order valence-electron chi connectivity index (χ3n) is 4.91. The van der Waals surface area contributed by atoms with Gasteiger partial charge in [-0.2, -0.15) is 0 Å². The Bertz CT molecular complexity index is 1280. The summed E-state index contributed by atoms with van der Waals surface area (Å²) < 4.78 is 9.80. The van der Waals surface area contributed by atoms with Crippen molar-refractivity contribution in [1.29, 1.82) is 0 Å². The second-order valence-electron chi connectivity index (χ2n) is 7.45. The van der Waals surface area contributed by atoms with Crippen LogP contribution in [0.4, 0.5) is 0 Å². The van der Waals surface area contributed by atoms with Gasteiger partial charge in [-0.3, -0.25) is 40.4 Å². The molecular formula is C24H20N4O8S2. The molecular weight excluding hydrogens is 536 g/mol. The van der Waals surface area contributed by atoms with E-state index in [1.54, 1.807) is 12.1 Å². The highest BCUT2D eigenvalue weighted by molar-refractivity contribution is 7.80. The lowest BCUT2D eigenvalue weighted by Gasteiger charge is -2.16. The zero-order valence-corrected chi connectivity index (χ0v) is 21.4. The third kappa shape index (κ3) is 6.68. The number of benzene rings is 2. The minimum atomic E-state index is -0.580. The van der Waals surface area contributed by atoms with Crippen LogP contribution in [-0.2, 0) is 19.2 Å². The van der Waals surface area contributed by atoms with E-state index >= 15 is 0 Å². The van der Waals surface area contributed by atoms with Gasteiger partial charge in [0.1, 0.15) is 11.1 Å². The van der Waals surface area contributed by atoms with Crippen LogP contribution in [0.5, 0.6) is 23.0 Å². The molecule has 2 heterocycles. The number of aromatic hydroxyl groups is 2. The van der Waals surface area contributed by atoms with Crippen LogP contribution in [0.3, 0.4) is 0 Å². The average Bonchev–Trinajstić information content (AvgIpc) is 2.84. The number of carbonyl (C=O) groups excluding carboxylic acids is 4. The quantitative estimate of drug-likeness (QED) is 0.178. The smallest absolute Gasteiger partial charge is 0.263 e. The molecule has 196 valence electrons. The Hall–Kier alpha value is -4.82. The summed E-state index contributed by atoms with van der Waals surface area (Å²) >= 11 is 9.37. The predicted molar refractivity (Wildman–Crippen MR) is 143 cm³/mol. The van der Waals surface area contributed by atoms with Crippen LogP contribution in [-0.4, -0.2) is 58.3 Å². The molecule has 0 aliphatic carbocycles. The maximum atomic E-state index is 11.6. The van der Waals surface area contributed by atoms with Crippen molar-refractivity contribution in [3.05, 3.63) is 58.7 Å². The molecule has 2 aliphatic heterocycles. The van der Waals surface area contributed by atoms with Crippen molar-refractivity contribution in [1.82, 2.24) is 21.3 Å². The van der Waals surface area contributed by atoms with Crippen LogP contribution in [0, 0.1) is 0 Å². The molecule has 6 N–H and O–H groups in total. The van der Waals surface area contributed by atoms with E-state index in [1.807, 2.05) is 0 Å². The average molecular weight is 557 g/mol. The number of nitrogens with one attached hydrogen (secondary N) is 4. The van der Waals surface area contributed by atoms with Crippen molar-refractivity contribution in [2.24, 2.45) is 0 Å². The molecule has 2 aromatic carbocycles. The number of hydrogen-bond acceptors (Lipinski definition) is 10. The van der Waals surface area contributed by atoms with Gasteiger partial charge in [0.25, 0.3) is 23.6 Å². The number of amides is 4. The van der Waals surface area contributed by atoms with Crippen LogP contribution in [0.2, 0.25) is 0 Å². The van der Waals surface area contributed by atoms with E-state index in [0.717, 1.165) is 0 Å². The number of methoxy groups -OCH3 is 2. The standard InChI is InChI=1S/2C12H10N2O4S/c2*1-18-9-3-2-6(5-8(9)15)4-7-10(16)13-12(19)14-11(7)17/h2*2-5,15H,1H3,(H2,13,14,16,17,19). The SMILES string of the molecule is COc1ccc(C=C2C(=O)NC(=S)NC2=O)cc1O.COc1ccc(C=C2C(=O)NC(=S)NC2=O)cc1O. The number of phenols is 2. The minimum Gasteiger partial charge on any atom is -0.504 e. The van der Waals surface area contributed by atoms with Crippen molar-refractivity contribution < 1.29 is 38.9 Å². The fraction of sp³-hybridized carbons (Fsp3) is 0.0833. The van der Waals surface area contributed by atoms with Crippen molar-refractivity contribution >= 4 is 70.4 Å². The molecule has 14 heteroatoms. The second kappa shape index (κ2) is 11.9. The molecule has 0 aromatic heterocycles. The molecule has 0 bridgehead atoms. The maximum Gasteiger partial charge on any atom is 0.263 e. The van der Waals surface area contributed by atoms with Gasteiger partial charge in [0.05, 0.1) is 14.2 Å². The number of hydrogen-bond donors (Lipinski definition) is 6. The Morgan fingerprint density at radius 1 is 0.632 bits per heavy atom. The van der Waals surface area contributed by atoms with Crippen molar-refractivity contribution in [3.63, 3.8) is 0 Å². The number of rotatable bonds is 4. The summed E-state index contributed by atoms with van der Waals surface area (Å²) in [6.45, 7) is 0. The Balaban J connectivity index is 0.000000211. The highest BCUT2D eigenvalue weighted by Crippen LogP contribution is 2.28. The van der Waals surface area contributed by atoms with Gasteiger partial charge in [-0.25, -0.2) is 0 Å². The number of phenolic OH excluding ortho intramolecular Hbond substituents is 2. The first-order valence-electron chi connectivity index (χ1n) is 10.5. The molecule has 0 spiro atoms. The monoisotopic (exact) mass is 556 g/mol. The van der Waals surface area contributed by atoms with Gasteiger partial charge in [0.15, 0.2) is 33.2 Å². The van der Waals surface area contributed by atoms with Crippen molar-refractivity contribution in [3.8, 4) is 23.0 Å². The molecule has 0 unspecified atom stereocenters. The van der Waals surface area contributed by atoms with Crippen LogP contribution in [0.1, 0.15) is 11.1 Å². The number of carbonyl (C=O) groups is 4. The predicted octanol–water partition coefficient (Wildman–Crippen LogP) is 0.630. The van der Waals surface area contributed by atoms with Gasteiger partial charge >= 0.3 is 0 Å². The van der Waals surface area contributed by atoms with Crippen LogP contribution < -0.4 is 30.7 Å². The third-order valence-corrected chi connectivity index (χ3v) is 5.32. The largest absolute Gasteiger partial charge is 0.504 e. The molecule has 2 saturated heterocycles. The lowest BCUT2D eigenvalue weighted by Crippen LogP contribution is -2.51. The van der Waals surface area contributed by atoms with E-state index in [-0.39, 0.29) is 32.9 Å². The number of thiocarbonyl (C=S) groups is 2. The van der Waals surface area contributed by atoms with Gasteiger partial charge < -0.3 is 19.7 Å². The molecule has 12 nitrogen and oxygen atoms in total. The first kappa shape index (κ1) is 27.8. The van der Waals surface area contributed by atoms with Gasteiger partial charge in [-0.05, 0) is 72.0 Å². The highest BCUT2D eigenvalue weighted by atomic mass is 32.1. The lowest BCUT2D eigenvalue weighted by atomic mass is 10.1. The molecule has 4 rings (SSSR count). The van der Waals surface area contributed by atoms with E-state index in [2.05, 4.69) is 45.7 Å². The Morgan fingerprint density at radius 3 is 1.21 bits per heavy atom. The van der Waals surface area contributed by atoms with Gasteiger partial charge in [-0.1, -0.05) is 12.1 Å². The molecule has 2 aliphatic rings. The van der Waals surface area contributed by atoms with Gasteiger partial charge in [0.2, 0.25) is 0 Å². The highest BCUT2D eigenvalue weighted by Gasteiger charge is 2.26. The Morgan fingerprint density at radius 2 is 0.947 bits per heavy atom. The zero-order valence-electron chi connectivity index (χ0n) is 19.8. The molecule has 4 amide bonds. The van der Waals surface area contributed by atoms with Crippen molar-refractivity contribution in [2.45, 2.75) is 0 Å². The molecule has 38 heavy (non-hydrogen) atoms. The summed E-state index contributed by atoms with van der Waals surface area (Å²) in [5, 5.41) is 28.5. The zero-order chi connectivity index (χ0) is 28.0. The van der Waals surface area contributed by atoms with E-state index in [4.69, 9.17) is 9.47 Å². The Labute approximate surface area is 226 Å². The number of ether oxygens (including phenoxy) is 2. The van der Waals surface area contributed by atoms with E-state index in [0.29, 0.717) is 22.6 Å². The molecule has 0 saturated carbocycles. The van der Waals surface area contributed by atoms with Crippen LogP contribution in [0.25, 0.3) is 12.2 Å². The molecule has 0 atom stereocenters. The normalized spacial score (nSPS) is 14.8. The fourth-order valence-electron chi connectivity index (χ4n) is 3.14. The summed E-state index contributed by atoms with van der Waals surface area (Å²) in [5.41, 5.74) is 0.814. The molecule has 2 aromatic rings. The summed E-state index contributed by atoms with van der Waals surface area (Å²) in [6, 6.07) is 9.06. The first-order chi connectivity index (χ1) is 18.0. The summed E-state index contributed by atoms with van der Waals surface area (Å²) in [7, 11) is 2.85.